The van der Waals surface area contributed by atoms with Crippen molar-refractivity contribution in [3.63, 3.8) is 0 Å². The first kappa shape index (κ1) is 23.7. The Morgan fingerprint density at radius 2 is 1.74 bits per heavy atom. The van der Waals surface area contributed by atoms with Gasteiger partial charge in [0.15, 0.2) is 0 Å². The maximum Gasteiger partial charge on any atom is 0.242 e. The van der Waals surface area contributed by atoms with E-state index in [4.69, 9.17) is 0 Å². The summed E-state index contributed by atoms with van der Waals surface area (Å²) in [5, 5.41) is 11.7. The molecule has 182 valence electrons. The van der Waals surface area contributed by atoms with Crippen LogP contribution in [0, 0.1) is 0 Å². The Kier molecular flexibility index (Phi) is 6.43. The van der Waals surface area contributed by atoms with Crippen molar-refractivity contribution >= 4 is 48.5 Å². The highest BCUT2D eigenvalue weighted by molar-refractivity contribution is 9.10. The fraction of sp³-hybridized carbons (Fsp3) is 0.500. The summed E-state index contributed by atoms with van der Waals surface area (Å²) in [4.78, 5) is 29.6. The number of piperidine rings is 2. The van der Waals surface area contributed by atoms with Crippen molar-refractivity contribution in [2.24, 2.45) is 0 Å². The zero-order valence-electron chi connectivity index (χ0n) is 18.7. The Bertz CT molecular complexity index is 1220. The fourth-order valence-corrected chi connectivity index (χ4v) is 7.26. The number of aliphatic hydroxyl groups excluding tert-OH is 1. The van der Waals surface area contributed by atoms with Crippen LogP contribution in [0.15, 0.2) is 45.8 Å². The molecule has 3 saturated heterocycles. The molecule has 2 amide bonds. The molecule has 2 aromatic carbocycles. The van der Waals surface area contributed by atoms with Crippen LogP contribution in [0.5, 0.6) is 0 Å². The van der Waals surface area contributed by atoms with Gasteiger partial charge in [-0.25, -0.2) is 8.42 Å². The smallest absolute Gasteiger partial charge is 0.242 e. The summed E-state index contributed by atoms with van der Waals surface area (Å²) in [6, 6.07) is 9.64. The van der Waals surface area contributed by atoms with Crippen molar-refractivity contribution in [1.29, 1.82) is 0 Å². The van der Waals surface area contributed by atoms with Gasteiger partial charge >= 0.3 is 0 Å². The van der Waals surface area contributed by atoms with Crippen LogP contribution in [0.3, 0.4) is 0 Å². The number of amides is 2. The first-order valence-electron chi connectivity index (χ1n) is 11.7. The van der Waals surface area contributed by atoms with Gasteiger partial charge in [-0.1, -0.05) is 28.1 Å². The number of carbonyl (C=O) groups excluding carboxylic acids is 2. The zero-order valence-corrected chi connectivity index (χ0v) is 21.1. The van der Waals surface area contributed by atoms with Gasteiger partial charge in [0, 0.05) is 23.1 Å². The number of nitrogens with one attached hydrogen (secondary N) is 1. The van der Waals surface area contributed by atoms with Gasteiger partial charge in [0.05, 0.1) is 17.5 Å². The standard InChI is InChI=1S/C24H28BrN3O5S/c25-17-5-3-16-11-21(8-4-15(16)10-17)34(32,33)26-22-2-1-9-27(24(22)31)14-23(30)28-18-6-7-19(28)13-20(29)12-18/h3-5,8,10-11,18-20,22,26,29H,1-2,6-7,9,12-14H2/t18?,19?,20?,22-/m0/s1. The number of benzene rings is 2. The molecule has 10 heteroatoms. The van der Waals surface area contributed by atoms with Gasteiger partial charge in [-0.15, -0.1) is 0 Å². The summed E-state index contributed by atoms with van der Waals surface area (Å²) in [7, 11) is -3.91. The summed E-state index contributed by atoms with van der Waals surface area (Å²) in [6.07, 6.45) is 3.57. The number of hydrogen-bond donors (Lipinski definition) is 2. The Labute approximate surface area is 207 Å². The van der Waals surface area contributed by atoms with Gasteiger partial charge in [-0.05, 0) is 73.6 Å². The lowest BCUT2D eigenvalue weighted by atomic mass is 9.99. The van der Waals surface area contributed by atoms with Gasteiger partial charge in [0.2, 0.25) is 21.8 Å². The fourth-order valence-electron chi connectivity index (χ4n) is 5.62. The number of aliphatic hydroxyl groups is 1. The Hall–Kier alpha value is -2.01. The van der Waals surface area contributed by atoms with Crippen molar-refractivity contribution in [2.75, 3.05) is 13.1 Å². The molecule has 8 nitrogen and oxygen atoms in total. The minimum Gasteiger partial charge on any atom is -0.393 e. The molecular weight excluding hydrogens is 522 g/mol. The van der Waals surface area contributed by atoms with Gasteiger partial charge in [-0.2, -0.15) is 4.72 Å². The van der Waals surface area contributed by atoms with E-state index in [1.165, 1.54) is 11.0 Å². The Morgan fingerprint density at radius 1 is 1.06 bits per heavy atom. The molecular formula is C24H28BrN3O5S. The summed E-state index contributed by atoms with van der Waals surface area (Å²) >= 11 is 3.41. The quantitative estimate of drug-likeness (QED) is 0.595. The van der Waals surface area contributed by atoms with Crippen molar-refractivity contribution < 1.29 is 23.1 Å². The maximum atomic E-state index is 13.1. The summed E-state index contributed by atoms with van der Waals surface area (Å²) in [6.45, 7) is 0.379. The minimum absolute atomic E-state index is 0.0315. The van der Waals surface area contributed by atoms with Crippen LogP contribution in [-0.2, 0) is 19.6 Å². The molecule has 3 fully saturated rings. The number of fused-ring (bicyclic) bond motifs is 3. The van der Waals surface area contributed by atoms with Crippen LogP contribution >= 0.6 is 15.9 Å². The molecule has 3 aliphatic rings. The average molecular weight is 550 g/mol. The molecule has 0 spiro atoms. The second kappa shape index (κ2) is 9.22. The number of likely N-dealkylation sites (tertiary alicyclic amines) is 1. The Balaban J connectivity index is 1.27. The lowest BCUT2D eigenvalue weighted by Crippen LogP contribution is -2.56. The first-order chi connectivity index (χ1) is 16.2. The van der Waals surface area contributed by atoms with Crippen LogP contribution in [-0.4, -0.2) is 72.5 Å². The van der Waals surface area contributed by atoms with Gasteiger partial charge in [-0.3, -0.25) is 9.59 Å². The lowest BCUT2D eigenvalue weighted by Gasteiger charge is -2.39. The topological polar surface area (TPSA) is 107 Å². The number of halogens is 1. The predicted octanol–water partition coefficient (Wildman–Crippen LogP) is 2.39. The van der Waals surface area contributed by atoms with E-state index in [0.29, 0.717) is 32.2 Å². The Morgan fingerprint density at radius 3 is 2.47 bits per heavy atom. The third-order valence-corrected chi connectivity index (χ3v) is 9.20. The van der Waals surface area contributed by atoms with E-state index in [9.17, 15) is 23.1 Å². The van der Waals surface area contributed by atoms with Crippen LogP contribution in [0.2, 0.25) is 0 Å². The summed E-state index contributed by atoms with van der Waals surface area (Å²) in [5.74, 6) is -0.478. The molecule has 2 unspecified atom stereocenters. The van der Waals surface area contributed by atoms with Crippen molar-refractivity contribution in [2.45, 2.75) is 67.6 Å². The second-order valence-corrected chi connectivity index (χ2v) is 12.2. The SMILES string of the molecule is O=C1[C@@H](NS(=O)(=O)c2ccc3cc(Br)ccc3c2)CCCN1CC(=O)N1C2CCC1CC(O)C2. The normalized spacial score (nSPS) is 27.4. The van der Waals surface area contributed by atoms with Crippen molar-refractivity contribution in [3.05, 3.63) is 40.9 Å². The second-order valence-electron chi connectivity index (χ2n) is 9.54. The lowest BCUT2D eigenvalue weighted by molar-refractivity contribution is -0.146. The van der Waals surface area contributed by atoms with Crippen LogP contribution in [0.1, 0.15) is 38.5 Å². The highest BCUT2D eigenvalue weighted by Gasteiger charge is 2.43. The van der Waals surface area contributed by atoms with E-state index < -0.39 is 16.1 Å². The van der Waals surface area contributed by atoms with E-state index in [-0.39, 0.29) is 41.4 Å². The largest absolute Gasteiger partial charge is 0.393 e. The third-order valence-electron chi connectivity index (χ3n) is 7.23. The van der Waals surface area contributed by atoms with E-state index >= 15 is 0 Å². The molecule has 2 N–H and O–H groups in total. The minimum atomic E-state index is -3.91. The molecule has 2 aromatic rings. The van der Waals surface area contributed by atoms with Crippen molar-refractivity contribution in [1.82, 2.24) is 14.5 Å². The van der Waals surface area contributed by atoms with E-state index in [1.807, 2.05) is 23.1 Å². The average Bonchev–Trinajstić information content (AvgIpc) is 3.07. The van der Waals surface area contributed by atoms with Gasteiger partial charge < -0.3 is 14.9 Å². The van der Waals surface area contributed by atoms with Crippen LogP contribution in [0.4, 0.5) is 0 Å². The molecule has 0 radical (unpaired) electrons. The molecule has 3 heterocycles. The highest BCUT2D eigenvalue weighted by atomic mass is 79.9. The maximum absolute atomic E-state index is 13.1. The van der Waals surface area contributed by atoms with Crippen molar-refractivity contribution in [3.8, 4) is 0 Å². The van der Waals surface area contributed by atoms with Gasteiger partial charge in [0.25, 0.3) is 0 Å². The number of carbonyl (C=O) groups is 2. The molecule has 34 heavy (non-hydrogen) atoms. The van der Waals surface area contributed by atoms with Crippen LogP contribution < -0.4 is 4.72 Å². The van der Waals surface area contributed by atoms with E-state index in [2.05, 4.69) is 20.7 Å². The van der Waals surface area contributed by atoms with Gasteiger partial charge in [0.1, 0.15) is 6.04 Å². The third kappa shape index (κ3) is 4.60. The highest BCUT2D eigenvalue weighted by Crippen LogP contribution is 2.36. The number of rotatable bonds is 5. The molecule has 2 bridgehead atoms. The molecule has 0 aliphatic carbocycles. The summed E-state index contributed by atoms with van der Waals surface area (Å²) < 4.78 is 29.6. The van der Waals surface area contributed by atoms with E-state index in [0.717, 1.165) is 28.1 Å². The molecule has 3 atom stereocenters. The zero-order chi connectivity index (χ0) is 24.0. The number of sulfonamides is 1. The molecule has 5 rings (SSSR count). The summed E-state index contributed by atoms with van der Waals surface area (Å²) in [5.41, 5.74) is 0. The predicted molar refractivity (Wildman–Crippen MR) is 130 cm³/mol. The molecule has 0 aromatic heterocycles. The number of hydrogen-bond acceptors (Lipinski definition) is 5. The molecule has 0 saturated carbocycles. The van der Waals surface area contributed by atoms with E-state index in [1.54, 1.807) is 12.1 Å². The first-order valence-corrected chi connectivity index (χ1v) is 14.0. The van der Waals surface area contributed by atoms with Crippen LogP contribution in [0.25, 0.3) is 10.8 Å². The molecule has 3 aliphatic heterocycles. The number of nitrogens with zero attached hydrogens (tertiary/aromatic N) is 2. The monoisotopic (exact) mass is 549 g/mol.